The largest absolute Gasteiger partial charge is 0.396 e. The summed E-state index contributed by atoms with van der Waals surface area (Å²) in [5.41, 5.74) is 0. The molecule has 1 saturated carbocycles. The molecule has 0 bridgehead atoms. The van der Waals surface area contributed by atoms with Crippen LogP contribution < -0.4 is 5.32 Å². The Morgan fingerprint density at radius 1 is 1.40 bits per heavy atom. The number of likely N-dealkylation sites (tertiary alicyclic amines) is 1. The highest BCUT2D eigenvalue weighted by atomic mass is 16.3. The summed E-state index contributed by atoms with van der Waals surface area (Å²) in [5.74, 6) is 1.17. The molecular formula is C12H24N2O. The fourth-order valence-electron chi connectivity index (χ4n) is 2.66. The third-order valence-electron chi connectivity index (χ3n) is 4.10. The Morgan fingerprint density at radius 3 is 2.67 bits per heavy atom. The molecule has 0 radical (unpaired) electrons. The molecule has 0 aromatic rings. The molecule has 15 heavy (non-hydrogen) atoms. The SMILES string of the molecule is CN1CCC(C(CO)CNC2CCC2)C1. The minimum absolute atomic E-state index is 0.345. The maximum atomic E-state index is 9.42. The van der Waals surface area contributed by atoms with Crippen molar-refractivity contribution >= 4 is 0 Å². The van der Waals surface area contributed by atoms with Crippen LogP contribution in [0.15, 0.2) is 0 Å². The van der Waals surface area contributed by atoms with Gasteiger partial charge in [0, 0.05) is 25.7 Å². The van der Waals surface area contributed by atoms with Crippen molar-refractivity contribution in [2.24, 2.45) is 11.8 Å². The first-order chi connectivity index (χ1) is 7.29. The van der Waals surface area contributed by atoms with Gasteiger partial charge in [0.25, 0.3) is 0 Å². The van der Waals surface area contributed by atoms with E-state index in [0.717, 1.165) is 19.1 Å². The van der Waals surface area contributed by atoms with Crippen LogP contribution in [-0.2, 0) is 0 Å². The number of nitrogens with one attached hydrogen (secondary N) is 1. The normalized spacial score (nSPS) is 30.4. The Labute approximate surface area is 92.8 Å². The van der Waals surface area contributed by atoms with E-state index in [9.17, 15) is 5.11 Å². The Hall–Kier alpha value is -0.120. The van der Waals surface area contributed by atoms with Gasteiger partial charge >= 0.3 is 0 Å². The van der Waals surface area contributed by atoms with E-state index >= 15 is 0 Å². The number of rotatable bonds is 5. The van der Waals surface area contributed by atoms with Crippen LogP contribution in [-0.4, -0.2) is 49.3 Å². The summed E-state index contributed by atoms with van der Waals surface area (Å²) in [6, 6.07) is 0.748. The number of aliphatic hydroxyl groups excluding tert-OH is 1. The molecule has 0 aromatic heterocycles. The van der Waals surface area contributed by atoms with E-state index in [2.05, 4.69) is 17.3 Å². The highest BCUT2D eigenvalue weighted by molar-refractivity contribution is 4.83. The molecule has 0 amide bonds. The van der Waals surface area contributed by atoms with Gasteiger partial charge in [-0.1, -0.05) is 6.42 Å². The molecule has 1 saturated heterocycles. The van der Waals surface area contributed by atoms with Crippen LogP contribution >= 0.6 is 0 Å². The van der Waals surface area contributed by atoms with Crippen molar-refractivity contribution in [3.05, 3.63) is 0 Å². The van der Waals surface area contributed by atoms with Gasteiger partial charge in [-0.15, -0.1) is 0 Å². The van der Waals surface area contributed by atoms with E-state index in [1.807, 2.05) is 0 Å². The smallest absolute Gasteiger partial charge is 0.0474 e. The zero-order chi connectivity index (χ0) is 10.7. The summed E-state index contributed by atoms with van der Waals surface area (Å²) in [6.45, 7) is 3.72. The first-order valence-corrected chi connectivity index (χ1v) is 6.32. The number of aliphatic hydroxyl groups is 1. The quantitative estimate of drug-likeness (QED) is 0.704. The predicted molar refractivity (Wildman–Crippen MR) is 61.8 cm³/mol. The second-order valence-electron chi connectivity index (χ2n) is 5.29. The Morgan fingerprint density at radius 2 is 2.20 bits per heavy atom. The van der Waals surface area contributed by atoms with Crippen molar-refractivity contribution in [1.82, 2.24) is 10.2 Å². The van der Waals surface area contributed by atoms with E-state index in [4.69, 9.17) is 0 Å². The maximum absolute atomic E-state index is 9.42. The van der Waals surface area contributed by atoms with E-state index < -0.39 is 0 Å². The summed E-state index contributed by atoms with van der Waals surface area (Å²) in [4.78, 5) is 2.37. The Bertz CT molecular complexity index is 194. The van der Waals surface area contributed by atoms with E-state index in [1.54, 1.807) is 0 Å². The lowest BCUT2D eigenvalue weighted by Gasteiger charge is -2.30. The van der Waals surface area contributed by atoms with Gasteiger partial charge in [-0.3, -0.25) is 0 Å². The van der Waals surface area contributed by atoms with E-state index in [1.165, 1.54) is 32.2 Å². The summed E-state index contributed by atoms with van der Waals surface area (Å²) in [6.07, 6.45) is 5.31. The van der Waals surface area contributed by atoms with Gasteiger partial charge in [-0.2, -0.15) is 0 Å². The molecule has 0 aromatic carbocycles. The maximum Gasteiger partial charge on any atom is 0.0474 e. The van der Waals surface area contributed by atoms with Crippen LogP contribution in [0.3, 0.4) is 0 Å². The third-order valence-corrected chi connectivity index (χ3v) is 4.10. The lowest BCUT2D eigenvalue weighted by Crippen LogP contribution is -2.41. The van der Waals surface area contributed by atoms with E-state index in [0.29, 0.717) is 18.4 Å². The molecule has 3 heteroatoms. The third kappa shape index (κ3) is 2.92. The summed E-state index contributed by atoms with van der Waals surface area (Å²) >= 11 is 0. The summed E-state index contributed by atoms with van der Waals surface area (Å²) < 4.78 is 0. The topological polar surface area (TPSA) is 35.5 Å². The molecule has 2 unspecified atom stereocenters. The van der Waals surface area contributed by atoms with Gasteiger partial charge in [0.2, 0.25) is 0 Å². The summed E-state index contributed by atoms with van der Waals surface area (Å²) in [5, 5.41) is 13.0. The van der Waals surface area contributed by atoms with Crippen molar-refractivity contribution in [1.29, 1.82) is 0 Å². The van der Waals surface area contributed by atoms with Crippen LogP contribution in [0.1, 0.15) is 25.7 Å². The highest BCUT2D eigenvalue weighted by Crippen LogP contribution is 2.24. The molecule has 1 aliphatic heterocycles. The lowest BCUT2D eigenvalue weighted by atomic mass is 9.89. The molecule has 2 fully saturated rings. The molecule has 2 N–H and O–H groups in total. The molecule has 1 heterocycles. The minimum Gasteiger partial charge on any atom is -0.396 e. The second-order valence-corrected chi connectivity index (χ2v) is 5.29. The molecule has 2 aliphatic rings. The van der Waals surface area contributed by atoms with Gasteiger partial charge in [0.05, 0.1) is 0 Å². The first kappa shape index (κ1) is 11.4. The monoisotopic (exact) mass is 212 g/mol. The number of hydrogen-bond donors (Lipinski definition) is 2. The molecule has 2 atom stereocenters. The average Bonchev–Trinajstić information content (AvgIpc) is 2.56. The van der Waals surface area contributed by atoms with Crippen molar-refractivity contribution < 1.29 is 5.11 Å². The van der Waals surface area contributed by atoms with Crippen molar-refractivity contribution in [3.63, 3.8) is 0 Å². The van der Waals surface area contributed by atoms with Crippen molar-refractivity contribution in [2.75, 3.05) is 33.3 Å². The molecule has 2 rings (SSSR count). The summed E-state index contributed by atoms with van der Waals surface area (Å²) in [7, 11) is 2.17. The van der Waals surface area contributed by atoms with E-state index in [-0.39, 0.29) is 0 Å². The zero-order valence-electron chi connectivity index (χ0n) is 9.78. The van der Waals surface area contributed by atoms with Crippen LogP contribution in [0.25, 0.3) is 0 Å². The van der Waals surface area contributed by atoms with Crippen LogP contribution in [0.2, 0.25) is 0 Å². The number of nitrogens with zero attached hydrogens (tertiary/aromatic N) is 1. The molecule has 1 aliphatic carbocycles. The van der Waals surface area contributed by atoms with Gasteiger partial charge in [0.1, 0.15) is 0 Å². The zero-order valence-corrected chi connectivity index (χ0v) is 9.78. The standard InChI is InChI=1S/C12H24N2O/c1-14-6-5-10(8-14)11(9-15)7-13-12-3-2-4-12/h10-13,15H,2-9H2,1H3. The van der Waals surface area contributed by atoms with Crippen LogP contribution in [0.5, 0.6) is 0 Å². The predicted octanol–water partition coefficient (Wildman–Crippen LogP) is 0.689. The Balaban J connectivity index is 1.71. The lowest BCUT2D eigenvalue weighted by molar-refractivity contribution is 0.163. The first-order valence-electron chi connectivity index (χ1n) is 6.32. The van der Waals surface area contributed by atoms with Crippen molar-refractivity contribution in [2.45, 2.75) is 31.7 Å². The van der Waals surface area contributed by atoms with Gasteiger partial charge in [-0.25, -0.2) is 0 Å². The molecule has 3 nitrogen and oxygen atoms in total. The fraction of sp³-hybridized carbons (Fsp3) is 1.00. The molecule has 0 spiro atoms. The number of hydrogen-bond acceptors (Lipinski definition) is 3. The molecular weight excluding hydrogens is 188 g/mol. The van der Waals surface area contributed by atoms with Crippen molar-refractivity contribution in [3.8, 4) is 0 Å². The molecule has 88 valence electrons. The minimum atomic E-state index is 0.345. The van der Waals surface area contributed by atoms with Crippen LogP contribution in [0, 0.1) is 11.8 Å². The van der Waals surface area contributed by atoms with Gasteiger partial charge in [-0.05, 0) is 44.7 Å². The van der Waals surface area contributed by atoms with Gasteiger partial charge in [0.15, 0.2) is 0 Å². The second kappa shape index (κ2) is 5.28. The van der Waals surface area contributed by atoms with Crippen LogP contribution in [0.4, 0.5) is 0 Å². The van der Waals surface area contributed by atoms with Gasteiger partial charge < -0.3 is 15.3 Å². The highest BCUT2D eigenvalue weighted by Gasteiger charge is 2.28. The average molecular weight is 212 g/mol. The Kier molecular flexibility index (Phi) is 4.00. The fourth-order valence-corrected chi connectivity index (χ4v) is 2.66.